The first-order chi connectivity index (χ1) is 17.8. The van der Waals surface area contributed by atoms with E-state index in [4.69, 9.17) is 4.98 Å². The molecule has 0 aliphatic carbocycles. The van der Waals surface area contributed by atoms with Crippen LogP contribution in [0.3, 0.4) is 0 Å². The molecule has 0 aliphatic heterocycles. The van der Waals surface area contributed by atoms with Crippen molar-refractivity contribution in [3.05, 3.63) is 152 Å². The van der Waals surface area contributed by atoms with Crippen LogP contribution >= 0.6 is 0 Å². The number of rotatable bonds is 5. The molecule has 170 valence electrons. The van der Waals surface area contributed by atoms with Crippen molar-refractivity contribution < 1.29 is 0 Å². The van der Waals surface area contributed by atoms with E-state index in [9.17, 15) is 0 Å². The molecular formula is C35H25N. The lowest BCUT2D eigenvalue weighted by molar-refractivity contribution is 1.32. The third kappa shape index (κ3) is 4.60. The number of benzene rings is 5. The topological polar surface area (TPSA) is 12.9 Å². The number of pyridine rings is 1. The molecule has 0 saturated heterocycles. The standard InChI is InChI=1S/C35H25N/c1-4-11-26(12-5-1)31-17-10-18-32(23-31)27-19-21-28(22-20-27)33-24-34(29-13-6-2-7-14-29)36-35(25-33)30-15-8-3-9-16-30/h1-25H. The predicted molar refractivity (Wildman–Crippen MR) is 151 cm³/mol. The van der Waals surface area contributed by atoms with Gasteiger partial charge in [0.05, 0.1) is 11.4 Å². The Labute approximate surface area is 212 Å². The van der Waals surface area contributed by atoms with Gasteiger partial charge in [0.15, 0.2) is 0 Å². The SMILES string of the molecule is c1ccc(-c2cccc(-c3ccc(-c4cc(-c5ccccc5)nc(-c5ccccc5)c4)cc3)c2)cc1. The van der Waals surface area contributed by atoms with E-state index in [-0.39, 0.29) is 0 Å². The number of nitrogens with zero attached hydrogens (tertiary/aromatic N) is 1. The van der Waals surface area contributed by atoms with Gasteiger partial charge < -0.3 is 0 Å². The van der Waals surface area contributed by atoms with Gasteiger partial charge in [0.2, 0.25) is 0 Å². The fourth-order valence-electron chi connectivity index (χ4n) is 4.57. The maximum atomic E-state index is 5.00. The molecule has 0 fully saturated rings. The molecule has 1 heteroatoms. The summed E-state index contributed by atoms with van der Waals surface area (Å²) in [5.41, 5.74) is 11.4. The van der Waals surface area contributed by atoms with Crippen LogP contribution in [0.1, 0.15) is 0 Å². The number of hydrogen-bond acceptors (Lipinski definition) is 1. The van der Waals surface area contributed by atoms with Gasteiger partial charge in [-0.25, -0.2) is 4.98 Å². The summed E-state index contributed by atoms with van der Waals surface area (Å²) in [5, 5.41) is 0. The summed E-state index contributed by atoms with van der Waals surface area (Å²) in [5.74, 6) is 0. The van der Waals surface area contributed by atoms with E-state index in [1.54, 1.807) is 0 Å². The third-order valence-electron chi connectivity index (χ3n) is 6.49. The van der Waals surface area contributed by atoms with Crippen molar-refractivity contribution in [2.75, 3.05) is 0 Å². The second-order valence-corrected chi connectivity index (χ2v) is 8.88. The molecule has 5 aromatic carbocycles. The molecule has 36 heavy (non-hydrogen) atoms. The Morgan fingerprint density at radius 2 is 0.611 bits per heavy atom. The van der Waals surface area contributed by atoms with Crippen LogP contribution in [-0.4, -0.2) is 4.98 Å². The quantitative estimate of drug-likeness (QED) is 0.250. The molecule has 0 bridgehead atoms. The van der Waals surface area contributed by atoms with Crippen LogP contribution in [0.25, 0.3) is 55.9 Å². The summed E-state index contributed by atoms with van der Waals surface area (Å²) in [6.07, 6.45) is 0. The lowest BCUT2D eigenvalue weighted by Gasteiger charge is -2.11. The maximum absolute atomic E-state index is 5.00. The van der Waals surface area contributed by atoms with Gasteiger partial charge in [0.25, 0.3) is 0 Å². The Morgan fingerprint density at radius 1 is 0.250 bits per heavy atom. The van der Waals surface area contributed by atoms with E-state index in [0.717, 1.165) is 28.1 Å². The largest absolute Gasteiger partial charge is 0.248 e. The van der Waals surface area contributed by atoms with Gasteiger partial charge in [0.1, 0.15) is 0 Å². The minimum atomic E-state index is 0.978. The van der Waals surface area contributed by atoms with Crippen molar-refractivity contribution in [3.8, 4) is 55.9 Å². The van der Waals surface area contributed by atoms with Crippen LogP contribution in [0, 0.1) is 0 Å². The van der Waals surface area contributed by atoms with Crippen LogP contribution in [-0.2, 0) is 0 Å². The van der Waals surface area contributed by atoms with E-state index < -0.39 is 0 Å². The van der Waals surface area contributed by atoms with Crippen LogP contribution in [0.15, 0.2) is 152 Å². The molecule has 0 amide bonds. The molecule has 0 unspecified atom stereocenters. The summed E-state index contributed by atoms with van der Waals surface area (Å²) in [7, 11) is 0. The lowest BCUT2D eigenvalue weighted by atomic mass is 9.96. The zero-order valence-electron chi connectivity index (χ0n) is 19.9. The smallest absolute Gasteiger partial charge is 0.0715 e. The van der Waals surface area contributed by atoms with Crippen molar-refractivity contribution in [2.24, 2.45) is 0 Å². The van der Waals surface area contributed by atoms with Gasteiger partial charge in [-0.1, -0.05) is 133 Å². The molecule has 1 heterocycles. The first-order valence-electron chi connectivity index (χ1n) is 12.2. The monoisotopic (exact) mass is 459 g/mol. The highest BCUT2D eigenvalue weighted by atomic mass is 14.7. The summed E-state index contributed by atoms with van der Waals surface area (Å²) < 4.78 is 0. The van der Waals surface area contributed by atoms with Gasteiger partial charge >= 0.3 is 0 Å². The summed E-state index contributed by atoms with van der Waals surface area (Å²) in [4.78, 5) is 5.00. The molecule has 0 N–H and O–H groups in total. The van der Waals surface area contributed by atoms with Gasteiger partial charge in [-0.3, -0.25) is 0 Å². The molecule has 0 saturated carbocycles. The summed E-state index contributed by atoms with van der Waals surface area (Å²) >= 11 is 0. The van der Waals surface area contributed by atoms with E-state index in [1.807, 2.05) is 12.1 Å². The molecule has 1 nitrogen and oxygen atoms in total. The zero-order valence-corrected chi connectivity index (χ0v) is 19.9. The minimum absolute atomic E-state index is 0.978. The Kier molecular flexibility index (Phi) is 5.96. The van der Waals surface area contributed by atoms with Crippen LogP contribution in [0.4, 0.5) is 0 Å². The third-order valence-corrected chi connectivity index (χ3v) is 6.49. The fraction of sp³-hybridized carbons (Fsp3) is 0. The predicted octanol–water partition coefficient (Wildman–Crippen LogP) is 9.42. The van der Waals surface area contributed by atoms with Gasteiger partial charge in [-0.15, -0.1) is 0 Å². The second-order valence-electron chi connectivity index (χ2n) is 8.88. The normalized spacial score (nSPS) is 10.8. The van der Waals surface area contributed by atoms with Crippen LogP contribution < -0.4 is 0 Å². The van der Waals surface area contributed by atoms with Gasteiger partial charge in [0, 0.05) is 11.1 Å². The average Bonchev–Trinajstić information content (AvgIpc) is 2.98. The fourth-order valence-corrected chi connectivity index (χ4v) is 4.57. The average molecular weight is 460 g/mol. The Morgan fingerprint density at radius 3 is 1.08 bits per heavy atom. The molecule has 1 aromatic heterocycles. The van der Waals surface area contributed by atoms with Crippen molar-refractivity contribution in [3.63, 3.8) is 0 Å². The highest BCUT2D eigenvalue weighted by Crippen LogP contribution is 2.32. The van der Waals surface area contributed by atoms with Crippen molar-refractivity contribution >= 4 is 0 Å². The minimum Gasteiger partial charge on any atom is -0.248 e. The van der Waals surface area contributed by atoms with E-state index in [2.05, 4.69) is 140 Å². The molecule has 0 spiro atoms. The first-order valence-corrected chi connectivity index (χ1v) is 12.2. The molecule has 6 rings (SSSR count). The molecule has 0 aliphatic rings. The highest BCUT2D eigenvalue weighted by Gasteiger charge is 2.09. The Hall–Kier alpha value is -4.75. The van der Waals surface area contributed by atoms with Crippen molar-refractivity contribution in [1.82, 2.24) is 4.98 Å². The number of hydrogen-bond donors (Lipinski definition) is 0. The van der Waals surface area contributed by atoms with Gasteiger partial charge in [-0.2, -0.15) is 0 Å². The summed E-state index contributed by atoms with van der Waals surface area (Å²) in [6, 6.07) is 53.3. The first kappa shape index (κ1) is 21.8. The van der Waals surface area contributed by atoms with Gasteiger partial charge in [-0.05, 0) is 51.6 Å². The van der Waals surface area contributed by atoms with Crippen LogP contribution in [0.5, 0.6) is 0 Å². The zero-order chi connectivity index (χ0) is 24.2. The molecular weight excluding hydrogens is 434 g/mol. The number of aromatic nitrogens is 1. The molecule has 0 atom stereocenters. The van der Waals surface area contributed by atoms with Crippen molar-refractivity contribution in [1.29, 1.82) is 0 Å². The van der Waals surface area contributed by atoms with Crippen molar-refractivity contribution in [2.45, 2.75) is 0 Å². The second kappa shape index (κ2) is 9.85. The van der Waals surface area contributed by atoms with E-state index >= 15 is 0 Å². The van der Waals surface area contributed by atoms with E-state index in [0.29, 0.717) is 0 Å². The Bertz CT molecular complexity index is 1530. The molecule has 6 aromatic rings. The Balaban J connectivity index is 1.38. The maximum Gasteiger partial charge on any atom is 0.0715 e. The molecule has 0 radical (unpaired) electrons. The van der Waals surface area contributed by atoms with E-state index in [1.165, 1.54) is 27.8 Å². The highest BCUT2D eigenvalue weighted by molar-refractivity contribution is 5.79. The summed E-state index contributed by atoms with van der Waals surface area (Å²) in [6.45, 7) is 0. The van der Waals surface area contributed by atoms with Crippen LogP contribution in [0.2, 0.25) is 0 Å². The lowest BCUT2D eigenvalue weighted by Crippen LogP contribution is -1.91.